The van der Waals surface area contributed by atoms with Gasteiger partial charge in [-0.25, -0.2) is 14.8 Å². The number of nitrogens with zero attached hydrogens (tertiary/aromatic N) is 2. The van der Waals surface area contributed by atoms with Gasteiger partial charge in [-0.2, -0.15) is 0 Å². The molecular weight excluding hydrogens is 638 g/mol. The lowest BCUT2D eigenvalue weighted by Crippen LogP contribution is -2.62. The van der Waals surface area contributed by atoms with Crippen molar-refractivity contribution in [3.05, 3.63) is 35.9 Å². The van der Waals surface area contributed by atoms with Gasteiger partial charge in [-0.05, 0) is 56.9 Å². The molecule has 5 N–H and O–H groups in total. The number of ether oxygens (including phenoxy) is 2. The molecule has 0 aromatic heterocycles. The third-order valence-electron chi connectivity index (χ3n) is 9.70. The quantitative estimate of drug-likeness (QED) is 0.210. The molecule has 5 atom stereocenters. The molecule has 12 nitrogen and oxygen atoms in total. The molecule has 0 spiro atoms. The highest BCUT2D eigenvalue weighted by Crippen LogP contribution is 2.31. The molecule has 282 valence electrons. The lowest BCUT2D eigenvalue weighted by atomic mass is 9.81. The fraction of sp³-hybridized carbons (Fsp3) is 0.737. The first-order valence-corrected chi connectivity index (χ1v) is 18.5. The largest absolute Gasteiger partial charge is 0.444 e. The number of imide groups is 1. The Balaban J connectivity index is 1.94. The lowest BCUT2D eigenvalue weighted by Gasteiger charge is -2.40. The molecule has 1 saturated heterocycles. The van der Waals surface area contributed by atoms with Gasteiger partial charge in [0.05, 0.1) is 31.4 Å². The highest BCUT2D eigenvalue weighted by molar-refractivity contribution is 6.00. The number of nitrogens with two attached hydrogens (primary N) is 1. The number of alkyl carbamates (subject to hydrolysis) is 1. The van der Waals surface area contributed by atoms with Gasteiger partial charge < -0.3 is 30.9 Å². The second-order valence-electron chi connectivity index (χ2n) is 15.7. The van der Waals surface area contributed by atoms with Crippen LogP contribution in [0.25, 0.3) is 0 Å². The highest BCUT2D eigenvalue weighted by Gasteiger charge is 2.41. The summed E-state index contributed by atoms with van der Waals surface area (Å²) in [6.45, 7) is 14.0. The maximum atomic E-state index is 14.7. The minimum Gasteiger partial charge on any atom is -0.444 e. The predicted octanol–water partition coefficient (Wildman–Crippen LogP) is 4.19. The second kappa shape index (κ2) is 19.5. The van der Waals surface area contributed by atoms with Crippen LogP contribution in [0.5, 0.6) is 0 Å². The van der Waals surface area contributed by atoms with Crippen molar-refractivity contribution in [2.45, 2.75) is 130 Å². The molecule has 0 radical (unpaired) electrons. The first-order chi connectivity index (χ1) is 23.6. The van der Waals surface area contributed by atoms with Crippen LogP contribution in [-0.2, 0) is 30.3 Å². The molecule has 12 heteroatoms. The van der Waals surface area contributed by atoms with Crippen LogP contribution in [0.15, 0.2) is 30.3 Å². The molecule has 1 aromatic carbocycles. The summed E-state index contributed by atoms with van der Waals surface area (Å²) in [6.07, 6.45) is 4.45. The van der Waals surface area contributed by atoms with E-state index in [0.29, 0.717) is 38.6 Å². The van der Waals surface area contributed by atoms with Gasteiger partial charge in [-0.3, -0.25) is 14.4 Å². The van der Waals surface area contributed by atoms with Gasteiger partial charge in [0.25, 0.3) is 5.91 Å². The average molecular weight is 702 g/mol. The van der Waals surface area contributed by atoms with Gasteiger partial charge in [0.2, 0.25) is 11.8 Å². The van der Waals surface area contributed by atoms with Crippen LogP contribution in [0.4, 0.5) is 4.79 Å². The summed E-state index contributed by atoms with van der Waals surface area (Å²) in [5.41, 5.74) is 6.28. The number of hydrogen-bond donors (Lipinski definition) is 4. The number of amides is 4. The van der Waals surface area contributed by atoms with E-state index in [1.54, 1.807) is 25.8 Å². The van der Waals surface area contributed by atoms with E-state index in [0.717, 1.165) is 31.2 Å². The van der Waals surface area contributed by atoms with Crippen molar-refractivity contribution in [2.24, 2.45) is 29.4 Å². The number of nitrogens with one attached hydrogen (secondary N) is 2. The first kappa shape index (κ1) is 41.4. The monoisotopic (exact) mass is 701 g/mol. The van der Waals surface area contributed by atoms with E-state index in [2.05, 4.69) is 10.6 Å². The van der Waals surface area contributed by atoms with Crippen LogP contribution >= 0.6 is 0 Å². The zero-order valence-electron chi connectivity index (χ0n) is 31.4. The minimum atomic E-state index is -1.08. The van der Waals surface area contributed by atoms with Gasteiger partial charge in [0.15, 0.2) is 0 Å². The van der Waals surface area contributed by atoms with E-state index >= 15 is 0 Å². The number of rotatable bonds is 15. The Labute approximate surface area is 299 Å². The van der Waals surface area contributed by atoms with Gasteiger partial charge >= 0.3 is 6.09 Å². The van der Waals surface area contributed by atoms with E-state index in [1.807, 2.05) is 58.0 Å². The fourth-order valence-electron chi connectivity index (χ4n) is 6.70. The van der Waals surface area contributed by atoms with Crippen molar-refractivity contribution in [3.63, 3.8) is 0 Å². The molecule has 2 aliphatic rings. The molecule has 3 rings (SSSR count). The first-order valence-electron chi connectivity index (χ1n) is 18.5. The van der Waals surface area contributed by atoms with E-state index < -0.39 is 59.6 Å². The number of aliphatic hydroxyl groups is 1. The molecule has 1 aromatic rings. The van der Waals surface area contributed by atoms with Crippen molar-refractivity contribution in [2.75, 3.05) is 26.3 Å². The number of hydrogen-bond acceptors (Lipinski definition) is 9. The van der Waals surface area contributed by atoms with E-state index in [-0.39, 0.29) is 24.7 Å². The van der Waals surface area contributed by atoms with E-state index in [9.17, 15) is 24.3 Å². The molecule has 1 heterocycles. The van der Waals surface area contributed by atoms with Crippen LogP contribution in [0, 0.1) is 23.7 Å². The standard InChI is InChI=1S/C38H63N5O7/c1-25(2)29(24-32(44)30(22-27-14-10-8-11-15-27)41-37(48)50-38(5,6)7)35(46)43(42-18-20-49-21-19-42)36(47)31(23-28-16-12-9-13-17-28)40-34(45)33(39)26(3)4/h9,12-13,16-17,25-27,29-33,44H,8,10-11,14-15,18-24,39H2,1-7H3,(H,40,45)(H,41,48)/t29-,30-,31?,32-,33?/m0/s1. The van der Waals surface area contributed by atoms with Gasteiger partial charge in [0, 0.05) is 25.4 Å². The summed E-state index contributed by atoms with van der Waals surface area (Å²) in [7, 11) is 0. The average Bonchev–Trinajstić information content (AvgIpc) is 3.06. The third kappa shape index (κ3) is 12.9. The Morgan fingerprint density at radius 1 is 0.960 bits per heavy atom. The predicted molar refractivity (Wildman–Crippen MR) is 192 cm³/mol. The highest BCUT2D eigenvalue weighted by atomic mass is 16.6. The number of benzene rings is 1. The Morgan fingerprint density at radius 3 is 2.14 bits per heavy atom. The fourth-order valence-corrected chi connectivity index (χ4v) is 6.70. The maximum absolute atomic E-state index is 14.7. The van der Waals surface area contributed by atoms with E-state index in [1.165, 1.54) is 11.4 Å². The van der Waals surface area contributed by atoms with Gasteiger partial charge in [0.1, 0.15) is 11.6 Å². The molecule has 0 bridgehead atoms. The summed E-state index contributed by atoms with van der Waals surface area (Å²) in [4.78, 5) is 55.6. The topological polar surface area (TPSA) is 164 Å². The van der Waals surface area contributed by atoms with Crippen LogP contribution in [0.3, 0.4) is 0 Å². The maximum Gasteiger partial charge on any atom is 0.407 e. The minimum absolute atomic E-state index is 0.0196. The van der Waals surface area contributed by atoms with Gasteiger partial charge in [-0.1, -0.05) is 90.1 Å². The molecule has 2 fully saturated rings. The van der Waals surface area contributed by atoms with Crippen LogP contribution in [-0.4, -0.2) is 95.1 Å². The smallest absolute Gasteiger partial charge is 0.407 e. The number of carbonyl (C=O) groups excluding carboxylic acids is 4. The number of hydrazine groups is 1. The Hall–Kier alpha value is -3.06. The van der Waals surface area contributed by atoms with Crippen LogP contribution in [0.2, 0.25) is 0 Å². The third-order valence-corrected chi connectivity index (χ3v) is 9.70. The summed E-state index contributed by atoms with van der Waals surface area (Å²) in [5, 5.41) is 20.4. The molecule has 1 aliphatic carbocycles. The lowest BCUT2D eigenvalue weighted by molar-refractivity contribution is -0.177. The number of carbonyl (C=O) groups is 4. The SMILES string of the molecule is CC(C)C(N)C(=O)NC(Cc1ccccc1)C(=O)N(C(=O)[C@@H](C[C@H](O)[C@H](CC1CCCCC1)NC(=O)OC(C)(C)C)C(C)C)N1CCOCC1. The van der Waals surface area contributed by atoms with Crippen molar-refractivity contribution in [3.8, 4) is 0 Å². The van der Waals surface area contributed by atoms with Crippen molar-refractivity contribution in [1.82, 2.24) is 20.7 Å². The Bertz CT molecular complexity index is 1230. The Morgan fingerprint density at radius 2 is 1.58 bits per heavy atom. The molecule has 2 unspecified atom stereocenters. The normalized spacial score (nSPS) is 19.3. The molecule has 50 heavy (non-hydrogen) atoms. The van der Waals surface area contributed by atoms with Crippen molar-refractivity contribution < 1.29 is 33.8 Å². The summed E-state index contributed by atoms with van der Waals surface area (Å²) in [5.74, 6) is -2.40. The zero-order valence-corrected chi connectivity index (χ0v) is 31.4. The zero-order chi connectivity index (χ0) is 37.0. The molecule has 1 aliphatic heterocycles. The molecule has 4 amide bonds. The van der Waals surface area contributed by atoms with E-state index in [4.69, 9.17) is 15.2 Å². The summed E-state index contributed by atoms with van der Waals surface area (Å²) >= 11 is 0. The summed E-state index contributed by atoms with van der Waals surface area (Å²) in [6, 6.07) is 6.76. The van der Waals surface area contributed by atoms with Crippen molar-refractivity contribution >= 4 is 23.8 Å². The van der Waals surface area contributed by atoms with Crippen LogP contribution in [0.1, 0.15) is 99.0 Å². The Kier molecular flexibility index (Phi) is 16.1. The van der Waals surface area contributed by atoms with Crippen molar-refractivity contribution in [1.29, 1.82) is 0 Å². The number of morpholine rings is 1. The summed E-state index contributed by atoms with van der Waals surface area (Å²) < 4.78 is 11.1. The molecule has 1 saturated carbocycles. The second-order valence-corrected chi connectivity index (χ2v) is 15.7. The number of aliphatic hydroxyl groups excluding tert-OH is 1. The van der Waals surface area contributed by atoms with Gasteiger partial charge in [-0.15, -0.1) is 0 Å². The molecular formula is C38H63N5O7. The van der Waals surface area contributed by atoms with Crippen LogP contribution < -0.4 is 16.4 Å².